The number of fused-ring (bicyclic) bond motifs is 10. The summed E-state index contributed by atoms with van der Waals surface area (Å²) >= 11 is 0. The summed E-state index contributed by atoms with van der Waals surface area (Å²) in [7, 11) is 0. The largest absolute Gasteiger partial charge is 0.344 e. The van der Waals surface area contributed by atoms with Gasteiger partial charge in [-0.1, -0.05) is 157 Å². The highest BCUT2D eigenvalue weighted by atomic mass is 15.2. The van der Waals surface area contributed by atoms with Gasteiger partial charge < -0.3 is 5.32 Å². The molecule has 0 bridgehead atoms. The molecule has 2 heterocycles. The lowest BCUT2D eigenvalue weighted by molar-refractivity contribution is 0.681. The molecule has 0 amide bonds. The van der Waals surface area contributed by atoms with Gasteiger partial charge in [0.1, 0.15) is 12.0 Å². The number of allylic oxidation sites excluding steroid dienone is 9. The van der Waals surface area contributed by atoms with Crippen molar-refractivity contribution in [1.82, 2.24) is 20.3 Å². The summed E-state index contributed by atoms with van der Waals surface area (Å²) < 4.78 is 0. The van der Waals surface area contributed by atoms with E-state index in [0.717, 1.165) is 77.4 Å². The molecule has 5 aliphatic carbocycles. The van der Waals surface area contributed by atoms with Crippen LogP contribution in [0.15, 0.2) is 185 Å². The van der Waals surface area contributed by atoms with E-state index in [9.17, 15) is 0 Å². The van der Waals surface area contributed by atoms with E-state index < -0.39 is 5.41 Å². The topological polar surface area (TPSA) is 75.4 Å². The Bertz CT molecular complexity index is 3100. The molecule has 0 fully saturated rings. The van der Waals surface area contributed by atoms with Crippen molar-refractivity contribution in [3.05, 3.63) is 214 Å². The average molecular weight is 785 g/mol. The van der Waals surface area contributed by atoms with Crippen LogP contribution in [0.3, 0.4) is 0 Å². The summed E-state index contributed by atoms with van der Waals surface area (Å²) in [4.78, 5) is 26.0. The van der Waals surface area contributed by atoms with Crippen LogP contribution in [0.1, 0.15) is 77.2 Å². The molecule has 0 saturated carbocycles. The number of rotatable bonds is 6. The van der Waals surface area contributed by atoms with Crippen molar-refractivity contribution >= 4 is 17.2 Å². The SMILES string of the molecule is C1#CCCC(C2N=C(c3ccc4c(c3)C3(C5=CC=CCC5c5ccccc53)c3cc(-c5nc(C6=CC=CCC6)nc(-c6ccccc6)n5)ccc3-4)N=C(c3ccccc3)N2)=C1. The second-order valence-electron chi connectivity index (χ2n) is 16.4. The first-order chi connectivity index (χ1) is 30.2. The summed E-state index contributed by atoms with van der Waals surface area (Å²) in [5.74, 6) is 10.3. The fourth-order valence-corrected chi connectivity index (χ4v) is 10.2. The maximum absolute atomic E-state index is 5.33. The van der Waals surface area contributed by atoms with E-state index >= 15 is 0 Å². The smallest absolute Gasteiger partial charge is 0.164 e. The summed E-state index contributed by atoms with van der Waals surface area (Å²) in [6.45, 7) is 0. The van der Waals surface area contributed by atoms with Crippen molar-refractivity contribution in [2.75, 3.05) is 0 Å². The van der Waals surface area contributed by atoms with Crippen LogP contribution in [0.4, 0.5) is 0 Å². The van der Waals surface area contributed by atoms with Crippen molar-refractivity contribution in [3.8, 4) is 45.7 Å². The number of nitrogens with one attached hydrogen (secondary N) is 1. The van der Waals surface area contributed by atoms with Gasteiger partial charge in [-0.05, 0) is 94.0 Å². The molecule has 6 heteroatoms. The van der Waals surface area contributed by atoms with E-state index in [4.69, 9.17) is 24.9 Å². The molecule has 6 aliphatic rings. The zero-order valence-corrected chi connectivity index (χ0v) is 33.5. The van der Waals surface area contributed by atoms with Crippen molar-refractivity contribution in [2.24, 2.45) is 9.98 Å². The van der Waals surface area contributed by atoms with Gasteiger partial charge in [0.2, 0.25) is 0 Å². The van der Waals surface area contributed by atoms with E-state index in [2.05, 4.69) is 151 Å². The first-order valence-electron chi connectivity index (χ1n) is 21.3. The van der Waals surface area contributed by atoms with Crippen LogP contribution >= 0.6 is 0 Å². The monoisotopic (exact) mass is 784 g/mol. The number of aliphatic imine (C=N–C) groups is 2. The predicted octanol–water partition coefficient (Wildman–Crippen LogP) is 11.1. The Labute approximate surface area is 355 Å². The van der Waals surface area contributed by atoms with Crippen LogP contribution in [0.2, 0.25) is 0 Å². The first kappa shape index (κ1) is 35.5. The summed E-state index contributed by atoms with van der Waals surface area (Å²) in [6.07, 6.45) is 19.7. The summed E-state index contributed by atoms with van der Waals surface area (Å²) in [5, 5.41) is 3.65. The van der Waals surface area contributed by atoms with E-state index in [1.807, 2.05) is 30.3 Å². The molecule has 12 rings (SSSR count). The van der Waals surface area contributed by atoms with Crippen molar-refractivity contribution < 1.29 is 0 Å². The molecule has 6 nitrogen and oxygen atoms in total. The lowest BCUT2D eigenvalue weighted by Gasteiger charge is -2.33. The van der Waals surface area contributed by atoms with Crippen LogP contribution < -0.4 is 5.32 Å². The molecule has 290 valence electrons. The maximum atomic E-state index is 5.33. The average Bonchev–Trinajstić information content (AvgIpc) is 3.81. The minimum atomic E-state index is -0.544. The highest BCUT2D eigenvalue weighted by Crippen LogP contribution is 2.65. The van der Waals surface area contributed by atoms with Gasteiger partial charge in [0.25, 0.3) is 0 Å². The first-order valence-corrected chi connectivity index (χ1v) is 21.3. The molecule has 1 spiro atoms. The Hall–Kier alpha value is -7.49. The number of amidine groups is 2. The molecule has 0 saturated heterocycles. The predicted molar refractivity (Wildman–Crippen MR) is 245 cm³/mol. The Morgan fingerprint density at radius 2 is 1.33 bits per heavy atom. The molecule has 1 aromatic heterocycles. The molecule has 6 aromatic rings. The van der Waals surface area contributed by atoms with Crippen molar-refractivity contribution in [1.29, 1.82) is 0 Å². The maximum Gasteiger partial charge on any atom is 0.164 e. The van der Waals surface area contributed by atoms with Gasteiger partial charge in [0.05, 0.1) is 5.41 Å². The molecule has 3 atom stereocenters. The Kier molecular flexibility index (Phi) is 8.34. The van der Waals surface area contributed by atoms with Gasteiger partial charge in [-0.25, -0.2) is 24.9 Å². The van der Waals surface area contributed by atoms with E-state index in [0.29, 0.717) is 11.6 Å². The van der Waals surface area contributed by atoms with Gasteiger partial charge in [-0.15, -0.1) is 0 Å². The number of hydrogen-bond acceptors (Lipinski definition) is 6. The van der Waals surface area contributed by atoms with Crippen LogP contribution in [0.5, 0.6) is 0 Å². The Morgan fingerprint density at radius 1 is 0.623 bits per heavy atom. The van der Waals surface area contributed by atoms with Gasteiger partial charge in [0.15, 0.2) is 23.3 Å². The molecule has 3 unspecified atom stereocenters. The summed E-state index contributed by atoms with van der Waals surface area (Å²) in [6, 6.07) is 43.5. The van der Waals surface area contributed by atoms with Crippen LogP contribution in [-0.4, -0.2) is 32.8 Å². The third-order valence-electron chi connectivity index (χ3n) is 13.0. The molecule has 0 radical (unpaired) electrons. The van der Waals surface area contributed by atoms with Crippen molar-refractivity contribution in [2.45, 2.75) is 49.6 Å². The molecule has 1 aliphatic heterocycles. The zero-order chi connectivity index (χ0) is 40.3. The summed E-state index contributed by atoms with van der Waals surface area (Å²) in [5.41, 5.74) is 14.8. The van der Waals surface area contributed by atoms with Gasteiger partial charge in [0, 0.05) is 34.6 Å². The van der Waals surface area contributed by atoms with Crippen molar-refractivity contribution in [3.63, 3.8) is 0 Å². The minimum Gasteiger partial charge on any atom is -0.344 e. The molecular formula is C55H40N6. The Balaban J connectivity index is 1.07. The van der Waals surface area contributed by atoms with E-state index in [1.54, 1.807) is 0 Å². The third-order valence-corrected chi connectivity index (χ3v) is 13.0. The highest BCUT2D eigenvalue weighted by Gasteiger charge is 2.55. The lowest BCUT2D eigenvalue weighted by atomic mass is 9.68. The van der Waals surface area contributed by atoms with Crippen LogP contribution in [0, 0.1) is 11.8 Å². The lowest BCUT2D eigenvalue weighted by Crippen LogP contribution is -2.40. The number of hydrogen-bond donors (Lipinski definition) is 1. The fourth-order valence-electron chi connectivity index (χ4n) is 10.2. The van der Waals surface area contributed by atoms with Gasteiger partial charge in [-0.2, -0.15) is 0 Å². The molecule has 61 heavy (non-hydrogen) atoms. The Morgan fingerprint density at radius 3 is 2.10 bits per heavy atom. The second kappa shape index (κ2) is 14.4. The minimum absolute atomic E-state index is 0.256. The molecule has 1 N–H and O–H groups in total. The molecule has 5 aromatic carbocycles. The third kappa shape index (κ3) is 5.76. The second-order valence-corrected chi connectivity index (χ2v) is 16.4. The normalized spacial score (nSPS) is 21.3. The van der Waals surface area contributed by atoms with E-state index in [1.165, 1.54) is 44.5 Å². The molecular weight excluding hydrogens is 745 g/mol. The number of benzene rings is 5. The number of nitrogens with zero attached hydrogens (tertiary/aromatic N) is 5. The van der Waals surface area contributed by atoms with Gasteiger partial charge >= 0.3 is 0 Å². The standard InChI is InChI=1S/C55H40N6/c1-5-17-35(18-6-1)49-56-50(36-19-7-2-8-20-36)59-53(58-49)39-29-31-43-44-32-30-40(54-60-51(37-21-9-3-10-22-37)57-52(61-54)38-23-11-4-12-24-38)34-48(44)55(47(43)33-39)45-27-15-13-25-41(45)42-26-14-16-28-46(42)55/h1-3,5-7,9-10,13-19,21-22,24-25,27-34,42,52H,8,11,20,23,26H2,(H,57,60,61). The van der Waals surface area contributed by atoms with Crippen LogP contribution in [-0.2, 0) is 5.41 Å². The fraction of sp³-hybridized carbons (Fsp3) is 0.145. The highest BCUT2D eigenvalue weighted by molar-refractivity contribution is 6.13. The quantitative estimate of drug-likeness (QED) is 0.171. The van der Waals surface area contributed by atoms with E-state index in [-0.39, 0.29) is 12.1 Å². The number of aromatic nitrogens is 3. The zero-order valence-electron chi connectivity index (χ0n) is 33.5. The van der Waals surface area contributed by atoms with Crippen LogP contribution in [0.25, 0.3) is 39.5 Å². The van der Waals surface area contributed by atoms with Gasteiger partial charge in [-0.3, -0.25) is 0 Å².